The van der Waals surface area contributed by atoms with Crippen LogP contribution in [0.4, 0.5) is 5.69 Å². The Balaban J connectivity index is 1.98. The standard InChI is InChI=1S/C25H24ClN3O/c1-15-7-6-8-24(18(15)4)29-17(3)12-20(19(29)5)13-21(14-27)25(30)28-23-10-9-22(26)11-16(23)2/h6-13H,1-5H3,(H,28,30)/b21-13+. The predicted molar refractivity (Wildman–Crippen MR) is 123 cm³/mol. The highest BCUT2D eigenvalue weighted by atomic mass is 35.5. The minimum atomic E-state index is -0.445. The Labute approximate surface area is 182 Å². The molecule has 0 bridgehead atoms. The summed E-state index contributed by atoms with van der Waals surface area (Å²) in [7, 11) is 0. The van der Waals surface area contributed by atoms with Crippen LogP contribution in [0.25, 0.3) is 11.8 Å². The number of carbonyl (C=O) groups excluding carboxylic acids is 1. The first-order chi connectivity index (χ1) is 14.2. The molecule has 0 saturated carbocycles. The van der Waals surface area contributed by atoms with Gasteiger partial charge in [-0.25, -0.2) is 0 Å². The van der Waals surface area contributed by atoms with Crippen LogP contribution in [0.1, 0.15) is 33.6 Å². The van der Waals surface area contributed by atoms with E-state index in [2.05, 4.69) is 35.9 Å². The normalized spacial score (nSPS) is 11.3. The monoisotopic (exact) mass is 417 g/mol. The second-order valence-corrected chi connectivity index (χ2v) is 7.90. The molecule has 3 aromatic rings. The molecule has 0 aliphatic rings. The number of carbonyl (C=O) groups is 1. The van der Waals surface area contributed by atoms with Crippen LogP contribution in [0, 0.1) is 45.9 Å². The SMILES string of the molecule is Cc1cc(Cl)ccc1NC(=O)/C(C#N)=C/c1cc(C)n(-c2cccc(C)c2C)c1C. The van der Waals surface area contributed by atoms with Crippen LogP contribution < -0.4 is 5.32 Å². The van der Waals surface area contributed by atoms with Crippen LogP contribution >= 0.6 is 11.6 Å². The minimum absolute atomic E-state index is 0.0468. The van der Waals surface area contributed by atoms with Crippen molar-refractivity contribution in [2.75, 3.05) is 5.32 Å². The molecule has 1 heterocycles. The average Bonchev–Trinajstić information content (AvgIpc) is 2.97. The lowest BCUT2D eigenvalue weighted by atomic mass is 10.1. The molecule has 4 nitrogen and oxygen atoms in total. The summed E-state index contributed by atoms with van der Waals surface area (Å²) in [5, 5.41) is 13.0. The molecule has 30 heavy (non-hydrogen) atoms. The van der Waals surface area contributed by atoms with Gasteiger partial charge in [0.2, 0.25) is 0 Å². The van der Waals surface area contributed by atoms with Gasteiger partial charge >= 0.3 is 0 Å². The zero-order chi connectivity index (χ0) is 22.0. The summed E-state index contributed by atoms with van der Waals surface area (Å²) in [6.07, 6.45) is 1.64. The van der Waals surface area contributed by atoms with Crippen LogP contribution in [0.5, 0.6) is 0 Å². The van der Waals surface area contributed by atoms with Crippen LogP contribution in [0.15, 0.2) is 48.0 Å². The van der Waals surface area contributed by atoms with Crippen LogP contribution in [-0.2, 0) is 4.79 Å². The number of anilines is 1. The third kappa shape index (κ3) is 4.17. The van der Waals surface area contributed by atoms with Crippen molar-refractivity contribution in [2.45, 2.75) is 34.6 Å². The highest BCUT2D eigenvalue weighted by molar-refractivity contribution is 6.30. The Kier molecular flexibility index (Phi) is 6.14. The maximum atomic E-state index is 12.7. The maximum absolute atomic E-state index is 12.7. The summed E-state index contributed by atoms with van der Waals surface area (Å²) in [5.74, 6) is -0.445. The number of halogens is 1. The Bertz CT molecular complexity index is 1210. The molecule has 0 aliphatic heterocycles. The zero-order valence-electron chi connectivity index (χ0n) is 17.8. The maximum Gasteiger partial charge on any atom is 0.266 e. The van der Waals surface area contributed by atoms with Gasteiger partial charge in [-0.15, -0.1) is 0 Å². The number of nitriles is 1. The van der Waals surface area contributed by atoms with Crippen LogP contribution in [0.2, 0.25) is 5.02 Å². The van der Waals surface area contributed by atoms with E-state index in [0.29, 0.717) is 10.7 Å². The van der Waals surface area contributed by atoms with Crippen molar-refractivity contribution in [2.24, 2.45) is 0 Å². The van der Waals surface area contributed by atoms with E-state index in [4.69, 9.17) is 11.6 Å². The second kappa shape index (κ2) is 8.61. The Hall–Kier alpha value is -3.29. The number of nitrogens with one attached hydrogen (secondary N) is 1. The lowest BCUT2D eigenvalue weighted by Crippen LogP contribution is -2.14. The second-order valence-electron chi connectivity index (χ2n) is 7.46. The summed E-state index contributed by atoms with van der Waals surface area (Å²) in [5.41, 5.74) is 7.89. The van der Waals surface area contributed by atoms with Crippen molar-refractivity contribution in [3.8, 4) is 11.8 Å². The molecule has 2 aromatic carbocycles. The largest absolute Gasteiger partial charge is 0.321 e. The van der Waals surface area contributed by atoms with E-state index in [1.54, 1.807) is 24.3 Å². The van der Waals surface area contributed by atoms with Gasteiger partial charge in [-0.05, 0) is 93.3 Å². The van der Waals surface area contributed by atoms with Crippen molar-refractivity contribution in [3.05, 3.63) is 86.7 Å². The molecule has 1 aromatic heterocycles. The number of rotatable bonds is 4. The molecule has 0 unspecified atom stereocenters. The molecular weight excluding hydrogens is 394 g/mol. The van der Waals surface area contributed by atoms with Gasteiger partial charge in [-0.2, -0.15) is 5.26 Å². The van der Waals surface area contributed by atoms with Gasteiger partial charge in [-0.1, -0.05) is 23.7 Å². The van der Waals surface area contributed by atoms with Crippen molar-refractivity contribution in [1.29, 1.82) is 5.26 Å². The van der Waals surface area contributed by atoms with Crippen LogP contribution in [0.3, 0.4) is 0 Å². The Morgan fingerprint density at radius 1 is 1.07 bits per heavy atom. The van der Waals surface area contributed by atoms with Gasteiger partial charge in [0.25, 0.3) is 5.91 Å². The molecule has 1 amide bonds. The van der Waals surface area contributed by atoms with Crippen molar-refractivity contribution in [1.82, 2.24) is 4.57 Å². The Morgan fingerprint density at radius 2 is 1.80 bits per heavy atom. The fourth-order valence-corrected chi connectivity index (χ4v) is 3.77. The number of aromatic nitrogens is 1. The summed E-state index contributed by atoms with van der Waals surface area (Å²) in [6.45, 7) is 10.1. The highest BCUT2D eigenvalue weighted by Gasteiger charge is 2.16. The average molecular weight is 418 g/mol. The van der Waals surface area contributed by atoms with E-state index in [9.17, 15) is 10.1 Å². The molecular formula is C25H24ClN3O. The van der Waals surface area contributed by atoms with Gasteiger partial charge in [0.15, 0.2) is 0 Å². The number of benzene rings is 2. The summed E-state index contributed by atoms with van der Waals surface area (Å²) >= 11 is 5.98. The fraction of sp³-hybridized carbons (Fsp3) is 0.200. The predicted octanol–water partition coefficient (Wildman–Crippen LogP) is 6.22. The minimum Gasteiger partial charge on any atom is -0.321 e. The molecule has 0 atom stereocenters. The van der Waals surface area contributed by atoms with E-state index in [-0.39, 0.29) is 5.57 Å². The van der Waals surface area contributed by atoms with Gasteiger partial charge in [-0.3, -0.25) is 4.79 Å². The lowest BCUT2D eigenvalue weighted by molar-refractivity contribution is -0.112. The highest BCUT2D eigenvalue weighted by Crippen LogP contribution is 2.26. The van der Waals surface area contributed by atoms with E-state index in [0.717, 1.165) is 28.2 Å². The first-order valence-electron chi connectivity index (χ1n) is 9.67. The first-order valence-corrected chi connectivity index (χ1v) is 10.1. The first kappa shape index (κ1) is 21.4. The third-order valence-electron chi connectivity index (χ3n) is 5.39. The molecule has 0 saturated heterocycles. The fourth-order valence-electron chi connectivity index (χ4n) is 3.54. The van der Waals surface area contributed by atoms with Gasteiger partial charge in [0.1, 0.15) is 11.6 Å². The van der Waals surface area contributed by atoms with E-state index >= 15 is 0 Å². The number of nitrogens with zero attached hydrogens (tertiary/aromatic N) is 2. The summed E-state index contributed by atoms with van der Waals surface area (Å²) in [4.78, 5) is 12.7. The van der Waals surface area contributed by atoms with Gasteiger partial charge in [0, 0.05) is 27.8 Å². The van der Waals surface area contributed by atoms with Crippen molar-refractivity contribution < 1.29 is 4.79 Å². The van der Waals surface area contributed by atoms with Gasteiger partial charge in [0.05, 0.1) is 0 Å². The molecule has 0 radical (unpaired) electrons. The quantitative estimate of drug-likeness (QED) is 0.404. The smallest absolute Gasteiger partial charge is 0.266 e. The van der Waals surface area contributed by atoms with E-state index in [1.807, 2.05) is 39.0 Å². The van der Waals surface area contributed by atoms with Crippen LogP contribution in [-0.4, -0.2) is 10.5 Å². The number of aryl methyl sites for hydroxylation is 3. The third-order valence-corrected chi connectivity index (χ3v) is 5.62. The number of hydrogen-bond acceptors (Lipinski definition) is 2. The molecule has 3 rings (SSSR count). The molecule has 0 aliphatic carbocycles. The molecule has 152 valence electrons. The summed E-state index contributed by atoms with van der Waals surface area (Å²) < 4.78 is 2.16. The molecule has 0 fully saturated rings. The van der Waals surface area contributed by atoms with E-state index in [1.165, 1.54) is 11.1 Å². The molecule has 1 N–H and O–H groups in total. The number of hydrogen-bond donors (Lipinski definition) is 1. The molecule has 0 spiro atoms. The lowest BCUT2D eigenvalue weighted by Gasteiger charge is -2.14. The topological polar surface area (TPSA) is 57.8 Å². The zero-order valence-corrected chi connectivity index (χ0v) is 18.6. The van der Waals surface area contributed by atoms with Crippen molar-refractivity contribution >= 4 is 29.3 Å². The van der Waals surface area contributed by atoms with Gasteiger partial charge < -0.3 is 9.88 Å². The summed E-state index contributed by atoms with van der Waals surface area (Å²) in [6, 6.07) is 15.4. The Morgan fingerprint density at radius 3 is 2.47 bits per heavy atom. The van der Waals surface area contributed by atoms with E-state index < -0.39 is 5.91 Å². The number of amides is 1. The molecule has 5 heteroatoms. The van der Waals surface area contributed by atoms with Crippen molar-refractivity contribution in [3.63, 3.8) is 0 Å².